The molecular formula is C10H7BN4OS2. The molecule has 0 saturated carbocycles. The van der Waals surface area contributed by atoms with Crippen LogP contribution < -0.4 is 0 Å². The highest BCUT2D eigenvalue weighted by molar-refractivity contribution is 7.09. The van der Waals surface area contributed by atoms with E-state index in [1.165, 1.54) is 11.3 Å². The molecule has 0 unspecified atom stereocenters. The topological polar surface area (TPSA) is 71.7 Å². The molecule has 0 saturated heterocycles. The maximum atomic E-state index is 9.26. The molecule has 88 valence electrons. The van der Waals surface area contributed by atoms with Crippen LogP contribution in [0.3, 0.4) is 0 Å². The van der Waals surface area contributed by atoms with E-state index in [0.717, 1.165) is 16.5 Å². The van der Waals surface area contributed by atoms with E-state index in [1.54, 1.807) is 12.3 Å². The quantitative estimate of drug-likeness (QED) is 0.487. The molecule has 2 aromatic rings. The summed E-state index contributed by atoms with van der Waals surface area (Å²) in [6.45, 7) is 3.64. The summed E-state index contributed by atoms with van der Waals surface area (Å²) in [6, 6.07) is 2.07. The number of nitriles is 1. The lowest BCUT2D eigenvalue weighted by atomic mass is 10.1. The molecule has 2 aromatic heterocycles. The lowest BCUT2D eigenvalue weighted by Crippen LogP contribution is -1.95. The molecule has 0 aromatic carbocycles. The second kappa shape index (κ2) is 5.29. The van der Waals surface area contributed by atoms with Gasteiger partial charge in [0, 0.05) is 5.38 Å². The number of allylic oxidation sites excluding steroid dienone is 1. The highest BCUT2D eigenvalue weighted by atomic mass is 32.1. The third-order valence-corrected chi connectivity index (χ3v) is 3.79. The molecule has 2 heterocycles. The van der Waals surface area contributed by atoms with Gasteiger partial charge in [-0.05, 0) is 25.4 Å². The highest BCUT2D eigenvalue weighted by Crippen LogP contribution is 2.30. The van der Waals surface area contributed by atoms with E-state index in [-0.39, 0.29) is 11.3 Å². The van der Waals surface area contributed by atoms with Gasteiger partial charge in [0.2, 0.25) is 0 Å². The predicted octanol–water partition coefficient (Wildman–Crippen LogP) is 2.10. The normalized spacial score (nSPS) is 11.8. The standard InChI is InChI=1S/C10H7BN4OS2/c1-5-10(18-15-14-5)9(16-11)7(3-12)8-4-17-6(2)13-8/h4H,1-2H3. The lowest BCUT2D eigenvalue weighted by molar-refractivity contribution is 0.576. The Bertz CT molecular complexity index is 640. The first-order valence-electron chi connectivity index (χ1n) is 4.90. The van der Waals surface area contributed by atoms with Crippen LogP contribution in [0.4, 0.5) is 0 Å². The summed E-state index contributed by atoms with van der Waals surface area (Å²) in [5.74, 6) is 0.260. The fourth-order valence-electron chi connectivity index (χ4n) is 1.37. The molecule has 0 spiro atoms. The Hall–Kier alpha value is -1.72. The molecule has 0 aliphatic carbocycles. The van der Waals surface area contributed by atoms with Gasteiger partial charge in [0.1, 0.15) is 22.3 Å². The number of aromatic nitrogens is 3. The first-order valence-corrected chi connectivity index (χ1v) is 6.55. The minimum atomic E-state index is 0.260. The van der Waals surface area contributed by atoms with Gasteiger partial charge < -0.3 is 4.65 Å². The van der Waals surface area contributed by atoms with E-state index < -0.39 is 0 Å². The lowest BCUT2D eigenvalue weighted by Gasteiger charge is -2.06. The van der Waals surface area contributed by atoms with Gasteiger partial charge in [-0.25, -0.2) is 4.98 Å². The van der Waals surface area contributed by atoms with Gasteiger partial charge in [-0.3, -0.25) is 0 Å². The third kappa shape index (κ3) is 2.28. The second-order valence-electron chi connectivity index (χ2n) is 3.37. The summed E-state index contributed by atoms with van der Waals surface area (Å²) in [5, 5.41) is 15.8. The first-order chi connectivity index (χ1) is 8.67. The van der Waals surface area contributed by atoms with Gasteiger partial charge in [0.15, 0.2) is 0 Å². The molecule has 0 amide bonds. The monoisotopic (exact) mass is 274 g/mol. The zero-order valence-corrected chi connectivity index (χ0v) is 11.3. The van der Waals surface area contributed by atoms with Crippen molar-refractivity contribution in [2.45, 2.75) is 13.8 Å². The molecule has 0 aliphatic heterocycles. The van der Waals surface area contributed by atoms with Crippen LogP contribution >= 0.6 is 22.9 Å². The van der Waals surface area contributed by atoms with Crippen molar-refractivity contribution in [2.75, 3.05) is 0 Å². The Morgan fingerprint density at radius 3 is 2.72 bits per heavy atom. The maximum absolute atomic E-state index is 9.26. The molecule has 18 heavy (non-hydrogen) atoms. The van der Waals surface area contributed by atoms with Crippen molar-refractivity contribution in [3.8, 4) is 6.07 Å². The molecule has 0 atom stereocenters. The zero-order valence-electron chi connectivity index (χ0n) is 9.67. The van der Waals surface area contributed by atoms with Crippen molar-refractivity contribution < 1.29 is 4.65 Å². The van der Waals surface area contributed by atoms with Crippen LogP contribution in [0.1, 0.15) is 21.3 Å². The minimum absolute atomic E-state index is 0.260. The van der Waals surface area contributed by atoms with E-state index in [1.807, 2.05) is 6.92 Å². The molecule has 5 nitrogen and oxygen atoms in total. The van der Waals surface area contributed by atoms with Crippen LogP contribution in [0.15, 0.2) is 5.38 Å². The SMILES string of the molecule is [B]OC(=C(C#N)c1csc(C)n1)c1snnc1C. The van der Waals surface area contributed by atoms with E-state index in [4.69, 9.17) is 12.7 Å². The summed E-state index contributed by atoms with van der Waals surface area (Å²) < 4.78 is 8.65. The van der Waals surface area contributed by atoms with Crippen LogP contribution in [0, 0.1) is 25.2 Å². The number of thiazole rings is 1. The van der Waals surface area contributed by atoms with Crippen LogP contribution in [0.25, 0.3) is 11.3 Å². The third-order valence-electron chi connectivity index (χ3n) is 2.19. The summed E-state index contributed by atoms with van der Waals surface area (Å²) in [6.07, 6.45) is 0. The maximum Gasteiger partial charge on any atom is 0.374 e. The van der Waals surface area contributed by atoms with Crippen LogP contribution in [-0.4, -0.2) is 22.6 Å². The van der Waals surface area contributed by atoms with Gasteiger partial charge in [0.05, 0.1) is 16.4 Å². The van der Waals surface area contributed by atoms with Gasteiger partial charge in [0.25, 0.3) is 0 Å². The number of hydrogen-bond acceptors (Lipinski definition) is 7. The van der Waals surface area contributed by atoms with Gasteiger partial charge in [-0.2, -0.15) is 5.26 Å². The number of rotatable bonds is 3. The molecular weight excluding hydrogens is 267 g/mol. The zero-order chi connectivity index (χ0) is 13.1. The Kier molecular flexibility index (Phi) is 3.74. The molecule has 2 radical (unpaired) electrons. The molecule has 0 aliphatic rings. The molecule has 8 heteroatoms. The average Bonchev–Trinajstić information content (AvgIpc) is 2.95. The smallest absolute Gasteiger partial charge is 0.374 e. The van der Waals surface area contributed by atoms with Crippen molar-refractivity contribution >= 4 is 42.3 Å². The van der Waals surface area contributed by atoms with Gasteiger partial charge >= 0.3 is 8.05 Å². The van der Waals surface area contributed by atoms with E-state index in [2.05, 4.69) is 20.6 Å². The Morgan fingerprint density at radius 1 is 1.50 bits per heavy atom. The minimum Gasteiger partial charge on any atom is -0.566 e. The second-order valence-corrected chi connectivity index (χ2v) is 5.19. The van der Waals surface area contributed by atoms with E-state index >= 15 is 0 Å². The fraction of sp³-hybridized carbons (Fsp3) is 0.200. The fourth-order valence-corrected chi connectivity index (χ4v) is 2.62. The molecule has 0 N–H and O–H groups in total. The van der Waals surface area contributed by atoms with Crippen molar-refractivity contribution in [1.29, 1.82) is 5.26 Å². The summed E-state index contributed by atoms with van der Waals surface area (Å²) in [5.41, 5.74) is 1.50. The van der Waals surface area contributed by atoms with Crippen molar-refractivity contribution in [3.05, 3.63) is 26.7 Å². The predicted molar refractivity (Wildman–Crippen MR) is 70.8 cm³/mol. The van der Waals surface area contributed by atoms with Gasteiger partial charge in [-0.1, -0.05) is 4.49 Å². The summed E-state index contributed by atoms with van der Waals surface area (Å²) in [4.78, 5) is 4.90. The van der Waals surface area contributed by atoms with Crippen LogP contribution in [0.5, 0.6) is 0 Å². The first kappa shape index (κ1) is 12.7. The van der Waals surface area contributed by atoms with Gasteiger partial charge in [-0.15, -0.1) is 16.4 Å². The Balaban J connectivity index is 2.61. The Labute approximate surface area is 113 Å². The molecule has 2 rings (SSSR count). The molecule has 0 fully saturated rings. The van der Waals surface area contributed by atoms with Crippen molar-refractivity contribution in [3.63, 3.8) is 0 Å². The van der Waals surface area contributed by atoms with Crippen LogP contribution in [0.2, 0.25) is 0 Å². The number of nitrogens with zero attached hydrogens (tertiary/aromatic N) is 4. The van der Waals surface area contributed by atoms with Crippen LogP contribution in [-0.2, 0) is 4.65 Å². The van der Waals surface area contributed by atoms with E-state index in [0.29, 0.717) is 16.3 Å². The Morgan fingerprint density at radius 2 is 2.28 bits per heavy atom. The highest BCUT2D eigenvalue weighted by Gasteiger charge is 2.18. The number of aryl methyl sites for hydroxylation is 2. The average molecular weight is 274 g/mol. The van der Waals surface area contributed by atoms with Crippen molar-refractivity contribution in [2.24, 2.45) is 0 Å². The summed E-state index contributed by atoms with van der Waals surface area (Å²) >= 11 is 2.58. The number of hydrogen-bond donors (Lipinski definition) is 0. The molecule has 0 bridgehead atoms. The summed E-state index contributed by atoms with van der Waals surface area (Å²) in [7, 11) is 5.27. The van der Waals surface area contributed by atoms with Crippen molar-refractivity contribution in [1.82, 2.24) is 14.6 Å². The largest absolute Gasteiger partial charge is 0.566 e. The van der Waals surface area contributed by atoms with E-state index in [9.17, 15) is 5.26 Å².